The lowest BCUT2D eigenvalue weighted by Gasteiger charge is -2.32. The summed E-state index contributed by atoms with van der Waals surface area (Å²) in [6.07, 6.45) is 1.47. The summed E-state index contributed by atoms with van der Waals surface area (Å²) in [5, 5.41) is 0. The van der Waals surface area contributed by atoms with E-state index in [0.717, 1.165) is 18.5 Å². The molecular formula is C18H20FN3O2. The van der Waals surface area contributed by atoms with Gasteiger partial charge in [0.05, 0.1) is 0 Å². The summed E-state index contributed by atoms with van der Waals surface area (Å²) < 4.78 is 19.2. The van der Waals surface area contributed by atoms with Crippen molar-refractivity contribution in [2.75, 3.05) is 13.1 Å². The average molecular weight is 329 g/mol. The second kappa shape index (κ2) is 6.95. The van der Waals surface area contributed by atoms with Crippen LogP contribution in [0, 0.1) is 19.7 Å². The van der Waals surface area contributed by atoms with Crippen molar-refractivity contribution in [2.24, 2.45) is 0 Å². The highest BCUT2D eigenvalue weighted by atomic mass is 19.1. The molecule has 126 valence electrons. The van der Waals surface area contributed by atoms with Crippen molar-refractivity contribution in [3.05, 3.63) is 53.2 Å². The summed E-state index contributed by atoms with van der Waals surface area (Å²) in [5.74, 6) is 0.730. The molecule has 2 heterocycles. The van der Waals surface area contributed by atoms with Crippen molar-refractivity contribution in [2.45, 2.75) is 32.8 Å². The first-order chi connectivity index (χ1) is 11.5. The molecule has 1 fully saturated rings. The summed E-state index contributed by atoms with van der Waals surface area (Å²) in [6, 6.07) is 7.62. The molecular weight excluding hydrogens is 309 g/mol. The minimum atomic E-state index is -0.395. The first-order valence-corrected chi connectivity index (χ1v) is 8.05. The molecule has 5 nitrogen and oxygen atoms in total. The molecule has 2 aromatic rings. The summed E-state index contributed by atoms with van der Waals surface area (Å²) in [7, 11) is 0. The predicted molar refractivity (Wildman–Crippen MR) is 87.5 cm³/mol. The molecule has 1 aliphatic rings. The maximum Gasteiger partial charge on any atom is 0.253 e. The van der Waals surface area contributed by atoms with Crippen LogP contribution in [0.2, 0.25) is 0 Å². The normalized spacial score (nSPS) is 15.4. The molecule has 1 amide bonds. The molecule has 1 saturated heterocycles. The van der Waals surface area contributed by atoms with Gasteiger partial charge in [0.25, 0.3) is 5.91 Å². The average Bonchev–Trinajstić information content (AvgIpc) is 2.54. The Balaban J connectivity index is 1.58. The number of hydrogen-bond acceptors (Lipinski definition) is 4. The number of aromatic nitrogens is 2. The van der Waals surface area contributed by atoms with Crippen molar-refractivity contribution < 1.29 is 13.9 Å². The number of benzene rings is 1. The number of amides is 1. The van der Waals surface area contributed by atoms with Gasteiger partial charge in [0.1, 0.15) is 17.7 Å². The second-order valence-electron chi connectivity index (χ2n) is 6.01. The van der Waals surface area contributed by atoms with E-state index < -0.39 is 5.82 Å². The van der Waals surface area contributed by atoms with Crippen LogP contribution < -0.4 is 4.74 Å². The number of piperidine rings is 1. The Morgan fingerprint density at radius 2 is 1.96 bits per heavy atom. The van der Waals surface area contributed by atoms with Crippen molar-refractivity contribution >= 4 is 5.91 Å². The zero-order valence-electron chi connectivity index (χ0n) is 13.8. The molecule has 3 rings (SSSR count). The van der Waals surface area contributed by atoms with E-state index >= 15 is 0 Å². The highest BCUT2D eigenvalue weighted by molar-refractivity contribution is 5.94. The van der Waals surface area contributed by atoms with Gasteiger partial charge in [-0.2, -0.15) is 4.98 Å². The van der Waals surface area contributed by atoms with E-state index in [4.69, 9.17) is 4.74 Å². The molecule has 24 heavy (non-hydrogen) atoms. The smallest absolute Gasteiger partial charge is 0.253 e. The van der Waals surface area contributed by atoms with Gasteiger partial charge < -0.3 is 9.64 Å². The Labute approximate surface area is 140 Å². The van der Waals surface area contributed by atoms with E-state index in [0.29, 0.717) is 30.4 Å². The van der Waals surface area contributed by atoms with Crippen molar-refractivity contribution in [3.8, 4) is 5.88 Å². The zero-order chi connectivity index (χ0) is 17.1. The third-order valence-corrected chi connectivity index (χ3v) is 4.03. The van der Waals surface area contributed by atoms with Crippen LogP contribution >= 0.6 is 0 Å². The highest BCUT2D eigenvalue weighted by Crippen LogP contribution is 2.19. The minimum absolute atomic E-state index is 0.0234. The number of halogens is 1. The van der Waals surface area contributed by atoms with Gasteiger partial charge in [-0.05, 0) is 32.0 Å². The van der Waals surface area contributed by atoms with Crippen LogP contribution in [0.25, 0.3) is 0 Å². The molecule has 0 spiro atoms. The molecule has 0 radical (unpaired) electrons. The first-order valence-electron chi connectivity index (χ1n) is 8.05. The van der Waals surface area contributed by atoms with Crippen molar-refractivity contribution in [3.63, 3.8) is 0 Å². The largest absolute Gasteiger partial charge is 0.474 e. The van der Waals surface area contributed by atoms with E-state index in [-0.39, 0.29) is 12.0 Å². The summed E-state index contributed by atoms with van der Waals surface area (Å²) in [6.45, 7) is 4.91. The maximum absolute atomic E-state index is 13.3. The van der Waals surface area contributed by atoms with Gasteiger partial charge >= 0.3 is 0 Å². The Morgan fingerprint density at radius 1 is 1.21 bits per heavy atom. The first kappa shape index (κ1) is 16.4. The van der Waals surface area contributed by atoms with Gasteiger partial charge in [-0.3, -0.25) is 4.79 Å². The van der Waals surface area contributed by atoms with Gasteiger partial charge in [-0.1, -0.05) is 6.07 Å². The molecule has 1 aromatic carbocycles. The third-order valence-electron chi connectivity index (χ3n) is 4.03. The SMILES string of the molecule is Cc1cc(OC2CCN(C(=O)c3cccc(F)c3)CC2)nc(C)n1. The molecule has 0 saturated carbocycles. The maximum atomic E-state index is 13.3. The molecule has 6 heteroatoms. The topological polar surface area (TPSA) is 55.3 Å². The molecule has 0 N–H and O–H groups in total. The van der Waals surface area contributed by atoms with Crippen LogP contribution in [-0.4, -0.2) is 40.0 Å². The highest BCUT2D eigenvalue weighted by Gasteiger charge is 2.25. The summed E-state index contributed by atoms with van der Waals surface area (Å²) in [5.41, 5.74) is 1.26. The Bertz CT molecular complexity index is 723. The van der Waals surface area contributed by atoms with E-state index in [1.165, 1.54) is 12.1 Å². The number of carbonyl (C=O) groups is 1. The lowest BCUT2D eigenvalue weighted by molar-refractivity contribution is 0.0587. The van der Waals surface area contributed by atoms with Crippen LogP contribution in [0.15, 0.2) is 30.3 Å². The quantitative estimate of drug-likeness (QED) is 0.869. The fourth-order valence-corrected chi connectivity index (χ4v) is 2.89. The second-order valence-corrected chi connectivity index (χ2v) is 6.01. The molecule has 0 bridgehead atoms. The minimum Gasteiger partial charge on any atom is -0.474 e. The fourth-order valence-electron chi connectivity index (χ4n) is 2.89. The lowest BCUT2D eigenvalue weighted by Crippen LogP contribution is -2.41. The number of nitrogens with zero attached hydrogens (tertiary/aromatic N) is 3. The molecule has 0 unspecified atom stereocenters. The number of likely N-dealkylation sites (tertiary alicyclic amines) is 1. The number of ether oxygens (including phenoxy) is 1. The lowest BCUT2D eigenvalue weighted by atomic mass is 10.1. The van der Waals surface area contributed by atoms with Crippen LogP contribution in [-0.2, 0) is 0 Å². The Hall–Kier alpha value is -2.50. The number of carbonyl (C=O) groups excluding carboxylic acids is 1. The van der Waals surface area contributed by atoms with Gasteiger partial charge in [0, 0.05) is 43.3 Å². The van der Waals surface area contributed by atoms with Crippen LogP contribution in [0.5, 0.6) is 5.88 Å². The predicted octanol–water partition coefficient (Wildman–Crippen LogP) is 2.92. The molecule has 1 aromatic heterocycles. The summed E-state index contributed by atoms with van der Waals surface area (Å²) >= 11 is 0. The monoisotopic (exact) mass is 329 g/mol. The van der Waals surface area contributed by atoms with E-state index in [9.17, 15) is 9.18 Å². The van der Waals surface area contributed by atoms with Gasteiger partial charge in [-0.15, -0.1) is 0 Å². The Kier molecular flexibility index (Phi) is 4.74. The van der Waals surface area contributed by atoms with Gasteiger partial charge in [0.2, 0.25) is 5.88 Å². The Morgan fingerprint density at radius 3 is 2.62 bits per heavy atom. The molecule has 0 aliphatic carbocycles. The van der Waals surface area contributed by atoms with Crippen molar-refractivity contribution in [1.29, 1.82) is 0 Å². The standard InChI is InChI=1S/C18H20FN3O2/c1-12-10-17(21-13(2)20-12)24-16-6-8-22(9-7-16)18(23)14-4-3-5-15(19)11-14/h3-5,10-11,16H,6-9H2,1-2H3. The fraction of sp³-hybridized carbons (Fsp3) is 0.389. The van der Waals surface area contributed by atoms with Crippen molar-refractivity contribution in [1.82, 2.24) is 14.9 Å². The molecule has 1 aliphatic heterocycles. The van der Waals surface area contributed by atoms with E-state index in [1.54, 1.807) is 17.0 Å². The van der Waals surface area contributed by atoms with Crippen LogP contribution in [0.3, 0.4) is 0 Å². The number of aryl methyl sites for hydroxylation is 2. The van der Waals surface area contributed by atoms with Gasteiger partial charge in [-0.25, -0.2) is 9.37 Å². The van der Waals surface area contributed by atoms with E-state index in [1.807, 2.05) is 19.9 Å². The number of rotatable bonds is 3. The van der Waals surface area contributed by atoms with Crippen LogP contribution in [0.1, 0.15) is 34.7 Å². The van der Waals surface area contributed by atoms with E-state index in [2.05, 4.69) is 9.97 Å². The van der Waals surface area contributed by atoms with Crippen LogP contribution in [0.4, 0.5) is 4.39 Å². The zero-order valence-corrected chi connectivity index (χ0v) is 13.8. The molecule has 0 atom stereocenters. The third kappa shape index (κ3) is 3.88. The summed E-state index contributed by atoms with van der Waals surface area (Å²) in [4.78, 5) is 22.7. The number of hydrogen-bond donors (Lipinski definition) is 0. The van der Waals surface area contributed by atoms with Gasteiger partial charge in [0.15, 0.2) is 0 Å².